The number of nitrogens with zero attached hydrogens (tertiary/aromatic N) is 2. The van der Waals surface area contributed by atoms with Crippen LogP contribution in [0.25, 0.3) is 10.6 Å². The molecule has 3 aromatic rings. The summed E-state index contributed by atoms with van der Waals surface area (Å²) in [7, 11) is 0. The van der Waals surface area contributed by atoms with Crippen LogP contribution in [0.5, 0.6) is 0 Å². The highest BCUT2D eigenvalue weighted by atomic mass is 32.1. The summed E-state index contributed by atoms with van der Waals surface area (Å²) in [5.41, 5.74) is 3.72. The van der Waals surface area contributed by atoms with Gasteiger partial charge >= 0.3 is 0 Å². The molecule has 0 aliphatic carbocycles. The first kappa shape index (κ1) is 19.0. The first-order chi connectivity index (χ1) is 13.0. The predicted octanol–water partition coefficient (Wildman–Crippen LogP) is 5.19. The predicted molar refractivity (Wildman–Crippen MR) is 110 cm³/mol. The Morgan fingerprint density at radius 2 is 1.81 bits per heavy atom. The van der Waals surface area contributed by atoms with E-state index in [0.29, 0.717) is 0 Å². The average Bonchev–Trinajstić information content (AvgIpc) is 3.11. The van der Waals surface area contributed by atoms with Crippen molar-refractivity contribution in [3.8, 4) is 10.6 Å². The minimum Gasteiger partial charge on any atom is -0.303 e. The quantitative estimate of drug-likeness (QED) is 0.593. The van der Waals surface area contributed by atoms with E-state index in [1.165, 1.54) is 23.8 Å². The first-order valence-corrected chi connectivity index (χ1v) is 9.70. The summed E-state index contributed by atoms with van der Waals surface area (Å²) in [5, 5.41) is 2.84. The van der Waals surface area contributed by atoms with Crippen LogP contribution in [0.1, 0.15) is 37.6 Å². The molecule has 1 heterocycles. The number of ketones is 1. The van der Waals surface area contributed by atoms with E-state index in [4.69, 9.17) is 4.98 Å². The summed E-state index contributed by atoms with van der Waals surface area (Å²) in [5.74, 6) is -0.0927. The lowest BCUT2D eigenvalue weighted by Gasteiger charge is -2.29. The van der Waals surface area contributed by atoms with E-state index in [0.717, 1.165) is 22.0 Å². The maximum atomic E-state index is 12.5. The maximum absolute atomic E-state index is 12.5. The highest BCUT2D eigenvalue weighted by Crippen LogP contribution is 2.33. The number of aryl methyl sites for hydroxylation is 1. The molecule has 0 N–H and O–H groups in total. The molecule has 138 valence electrons. The van der Waals surface area contributed by atoms with Gasteiger partial charge in [0.25, 0.3) is 0 Å². The SMILES string of the molecule is CC(=O)CC(c1csc(-c2cccc(C)c2)n1)N(C(C)=O)c1ccccc1. The molecule has 0 saturated heterocycles. The Kier molecular flexibility index (Phi) is 5.81. The number of anilines is 1. The molecule has 1 amide bonds. The highest BCUT2D eigenvalue weighted by Gasteiger charge is 2.28. The molecule has 27 heavy (non-hydrogen) atoms. The monoisotopic (exact) mass is 378 g/mol. The van der Waals surface area contributed by atoms with Crippen molar-refractivity contribution in [1.29, 1.82) is 0 Å². The van der Waals surface area contributed by atoms with Crippen molar-refractivity contribution in [2.75, 3.05) is 4.90 Å². The second kappa shape index (κ2) is 8.27. The molecule has 1 unspecified atom stereocenters. The lowest BCUT2D eigenvalue weighted by atomic mass is 10.1. The summed E-state index contributed by atoms with van der Waals surface area (Å²) in [6.45, 7) is 5.11. The minimum absolute atomic E-state index is 0.0206. The molecular formula is C22H22N2O2S. The Balaban J connectivity index is 2.02. The highest BCUT2D eigenvalue weighted by molar-refractivity contribution is 7.13. The normalized spacial score (nSPS) is 11.8. The summed E-state index contributed by atoms with van der Waals surface area (Å²) in [6.07, 6.45) is 0.228. The van der Waals surface area contributed by atoms with E-state index in [1.807, 2.05) is 60.8 Å². The number of Topliss-reactive ketones (excluding diaryl/α,β-unsaturated/α-hetero) is 1. The van der Waals surface area contributed by atoms with Crippen molar-refractivity contribution in [3.63, 3.8) is 0 Å². The Hall–Kier alpha value is -2.79. The Labute approximate surface area is 163 Å². The van der Waals surface area contributed by atoms with E-state index in [-0.39, 0.29) is 18.1 Å². The van der Waals surface area contributed by atoms with Crippen LogP contribution >= 0.6 is 11.3 Å². The van der Waals surface area contributed by atoms with E-state index >= 15 is 0 Å². The Bertz CT molecular complexity index is 950. The minimum atomic E-state index is -0.419. The van der Waals surface area contributed by atoms with Crippen molar-refractivity contribution < 1.29 is 9.59 Å². The second-order valence-electron chi connectivity index (χ2n) is 6.59. The fourth-order valence-electron chi connectivity index (χ4n) is 3.12. The van der Waals surface area contributed by atoms with Crippen molar-refractivity contribution in [2.45, 2.75) is 33.2 Å². The van der Waals surface area contributed by atoms with Crippen molar-refractivity contribution in [2.24, 2.45) is 0 Å². The van der Waals surface area contributed by atoms with Gasteiger partial charge in [0.1, 0.15) is 10.8 Å². The topological polar surface area (TPSA) is 50.3 Å². The van der Waals surface area contributed by atoms with Gasteiger partial charge in [-0.1, -0.05) is 42.0 Å². The molecule has 0 bridgehead atoms. The number of hydrogen-bond acceptors (Lipinski definition) is 4. The fraction of sp³-hybridized carbons (Fsp3) is 0.227. The molecule has 1 aromatic heterocycles. The van der Waals surface area contributed by atoms with Gasteiger partial charge in [-0.25, -0.2) is 4.98 Å². The van der Waals surface area contributed by atoms with E-state index < -0.39 is 6.04 Å². The summed E-state index contributed by atoms with van der Waals surface area (Å²) in [4.78, 5) is 30.8. The van der Waals surface area contributed by atoms with E-state index in [9.17, 15) is 9.59 Å². The standard InChI is InChI=1S/C22H22N2O2S/c1-15-8-7-9-18(12-15)22-23-20(14-27-22)21(13-16(2)25)24(17(3)26)19-10-5-4-6-11-19/h4-12,14,21H,13H2,1-3H3. The molecular weight excluding hydrogens is 356 g/mol. The number of rotatable bonds is 6. The van der Waals surface area contributed by atoms with Gasteiger partial charge in [0.05, 0.1) is 11.7 Å². The molecule has 0 fully saturated rings. The van der Waals surface area contributed by atoms with Crippen molar-refractivity contribution in [3.05, 3.63) is 71.2 Å². The summed E-state index contributed by atoms with van der Waals surface area (Å²) >= 11 is 1.53. The van der Waals surface area contributed by atoms with Crippen LogP contribution < -0.4 is 4.90 Å². The van der Waals surface area contributed by atoms with Gasteiger partial charge in [0, 0.05) is 30.0 Å². The third-order valence-electron chi connectivity index (χ3n) is 4.29. The molecule has 0 saturated carbocycles. The summed E-state index contributed by atoms with van der Waals surface area (Å²) in [6, 6.07) is 17.2. The largest absolute Gasteiger partial charge is 0.303 e. The van der Waals surface area contributed by atoms with Crippen LogP contribution in [-0.2, 0) is 9.59 Å². The molecule has 1 atom stereocenters. The molecule has 0 aliphatic rings. The van der Waals surface area contributed by atoms with E-state index in [2.05, 4.69) is 6.07 Å². The first-order valence-electron chi connectivity index (χ1n) is 8.82. The molecule has 5 heteroatoms. The number of hydrogen-bond donors (Lipinski definition) is 0. The number of aromatic nitrogens is 1. The molecule has 4 nitrogen and oxygen atoms in total. The Morgan fingerprint density at radius 3 is 2.44 bits per heavy atom. The summed E-state index contributed by atoms with van der Waals surface area (Å²) < 4.78 is 0. The van der Waals surface area contributed by atoms with Gasteiger partial charge in [-0.3, -0.25) is 9.59 Å². The number of amides is 1. The van der Waals surface area contributed by atoms with Crippen LogP contribution in [0.3, 0.4) is 0 Å². The molecule has 0 aliphatic heterocycles. The zero-order valence-corrected chi connectivity index (χ0v) is 16.5. The number of benzene rings is 2. The van der Waals surface area contributed by atoms with Gasteiger partial charge in [0.15, 0.2) is 0 Å². The number of thiazole rings is 1. The van der Waals surface area contributed by atoms with Crippen molar-refractivity contribution in [1.82, 2.24) is 4.98 Å². The third kappa shape index (κ3) is 4.49. The average molecular weight is 378 g/mol. The third-order valence-corrected chi connectivity index (χ3v) is 5.20. The fourth-order valence-corrected chi connectivity index (χ4v) is 3.98. The van der Waals surface area contributed by atoms with E-state index in [1.54, 1.807) is 11.8 Å². The molecule has 2 aromatic carbocycles. The van der Waals surface area contributed by atoms with Crippen LogP contribution in [-0.4, -0.2) is 16.7 Å². The lowest BCUT2D eigenvalue weighted by Crippen LogP contribution is -2.34. The zero-order valence-electron chi connectivity index (χ0n) is 15.7. The van der Waals surface area contributed by atoms with Gasteiger partial charge in [-0.2, -0.15) is 0 Å². The van der Waals surface area contributed by atoms with Gasteiger partial charge < -0.3 is 4.90 Å². The van der Waals surface area contributed by atoms with Gasteiger partial charge in [-0.15, -0.1) is 11.3 Å². The molecule has 0 radical (unpaired) electrons. The van der Waals surface area contributed by atoms with Crippen LogP contribution in [0.4, 0.5) is 5.69 Å². The number of para-hydroxylation sites is 1. The van der Waals surface area contributed by atoms with Gasteiger partial charge in [-0.05, 0) is 32.0 Å². The number of carbonyl (C=O) groups is 2. The lowest BCUT2D eigenvalue weighted by molar-refractivity contribution is -0.118. The van der Waals surface area contributed by atoms with Crippen LogP contribution in [0.15, 0.2) is 60.0 Å². The molecule has 0 spiro atoms. The number of carbonyl (C=O) groups excluding carboxylic acids is 2. The smallest absolute Gasteiger partial charge is 0.224 e. The Morgan fingerprint density at radius 1 is 1.07 bits per heavy atom. The van der Waals surface area contributed by atoms with Crippen molar-refractivity contribution >= 4 is 28.7 Å². The second-order valence-corrected chi connectivity index (χ2v) is 7.45. The van der Waals surface area contributed by atoms with Gasteiger partial charge in [0.2, 0.25) is 5.91 Å². The van der Waals surface area contributed by atoms with Crippen LogP contribution in [0.2, 0.25) is 0 Å². The molecule has 3 rings (SSSR count). The zero-order chi connectivity index (χ0) is 19.4. The van der Waals surface area contributed by atoms with Crippen LogP contribution in [0, 0.1) is 6.92 Å². The maximum Gasteiger partial charge on any atom is 0.224 e.